The molecule has 0 aliphatic rings. The van der Waals surface area contributed by atoms with Crippen molar-refractivity contribution in [2.75, 3.05) is 19.0 Å². The number of hydrogen-bond acceptors (Lipinski definition) is 5. The highest BCUT2D eigenvalue weighted by Gasteiger charge is 2.10. The minimum atomic E-state index is -0.176. The topological polar surface area (TPSA) is 76.1 Å². The van der Waals surface area contributed by atoms with Crippen molar-refractivity contribution in [2.24, 2.45) is 0 Å². The molecule has 1 atom stereocenters. The molecule has 2 N–H and O–H groups in total. The number of carbonyl (C=O) groups excluding carboxylic acids is 1. The van der Waals surface area contributed by atoms with Gasteiger partial charge < -0.3 is 15.4 Å². The molecule has 0 saturated carbocycles. The third kappa shape index (κ3) is 5.22. The Balaban J connectivity index is 1.88. The normalized spacial score (nSPS) is 11.6. The van der Waals surface area contributed by atoms with Crippen LogP contribution in [-0.2, 0) is 6.42 Å². The lowest BCUT2D eigenvalue weighted by Crippen LogP contribution is -2.32. The highest BCUT2D eigenvalue weighted by molar-refractivity contribution is 5.93. The zero-order chi connectivity index (χ0) is 17.4. The summed E-state index contributed by atoms with van der Waals surface area (Å²) in [6.45, 7) is 4.71. The summed E-state index contributed by atoms with van der Waals surface area (Å²) in [5.41, 5.74) is 1.57. The van der Waals surface area contributed by atoms with Crippen LogP contribution in [0.2, 0.25) is 0 Å². The first-order valence-electron chi connectivity index (χ1n) is 8.12. The maximum atomic E-state index is 12.1. The molecule has 0 aliphatic heterocycles. The van der Waals surface area contributed by atoms with E-state index in [0.717, 1.165) is 25.1 Å². The molecule has 1 unspecified atom stereocenters. The van der Waals surface area contributed by atoms with Crippen LogP contribution in [0.15, 0.2) is 36.7 Å². The number of hydrogen-bond donors (Lipinski definition) is 2. The molecule has 0 radical (unpaired) electrons. The molecule has 0 fully saturated rings. The molecule has 0 bridgehead atoms. The first-order chi connectivity index (χ1) is 11.6. The summed E-state index contributed by atoms with van der Waals surface area (Å²) in [5.74, 6) is 1.32. The molecule has 1 aromatic carbocycles. The maximum Gasteiger partial charge on any atom is 0.270 e. The number of carbonyl (C=O) groups is 1. The van der Waals surface area contributed by atoms with E-state index in [1.54, 1.807) is 13.2 Å². The molecule has 128 valence electrons. The number of anilines is 1. The second-order valence-electron chi connectivity index (χ2n) is 5.60. The van der Waals surface area contributed by atoms with Gasteiger partial charge >= 0.3 is 0 Å². The molecule has 0 aliphatic carbocycles. The van der Waals surface area contributed by atoms with Gasteiger partial charge in [-0.2, -0.15) is 0 Å². The fourth-order valence-corrected chi connectivity index (χ4v) is 2.11. The predicted octanol–water partition coefficient (Wildman–Crippen LogP) is 2.67. The number of rotatable bonds is 8. The predicted molar refractivity (Wildman–Crippen MR) is 94.4 cm³/mol. The van der Waals surface area contributed by atoms with Crippen LogP contribution >= 0.6 is 0 Å². The third-order valence-corrected chi connectivity index (χ3v) is 3.77. The van der Waals surface area contributed by atoms with Crippen molar-refractivity contribution in [1.82, 2.24) is 15.3 Å². The van der Waals surface area contributed by atoms with Gasteiger partial charge in [0.15, 0.2) is 0 Å². The smallest absolute Gasteiger partial charge is 0.270 e. The SMILES string of the molecule is CCC(C)NC(=O)c1cc(NCCc2ccc(OC)cc2)ncn1. The van der Waals surface area contributed by atoms with Crippen LogP contribution in [0.3, 0.4) is 0 Å². The second-order valence-corrected chi connectivity index (χ2v) is 5.60. The van der Waals surface area contributed by atoms with Crippen LogP contribution in [0.4, 0.5) is 5.82 Å². The van der Waals surface area contributed by atoms with Crippen LogP contribution in [0.5, 0.6) is 5.75 Å². The Morgan fingerprint density at radius 1 is 1.25 bits per heavy atom. The lowest BCUT2D eigenvalue weighted by Gasteiger charge is -2.11. The van der Waals surface area contributed by atoms with Gasteiger partial charge in [0.1, 0.15) is 23.6 Å². The number of nitrogens with zero attached hydrogens (tertiary/aromatic N) is 2. The van der Waals surface area contributed by atoms with Crippen molar-refractivity contribution in [3.63, 3.8) is 0 Å². The van der Waals surface area contributed by atoms with Crippen molar-refractivity contribution in [1.29, 1.82) is 0 Å². The maximum absolute atomic E-state index is 12.1. The summed E-state index contributed by atoms with van der Waals surface area (Å²) in [4.78, 5) is 20.3. The molecule has 6 nitrogen and oxygen atoms in total. The van der Waals surface area contributed by atoms with Crippen molar-refractivity contribution >= 4 is 11.7 Å². The highest BCUT2D eigenvalue weighted by Crippen LogP contribution is 2.12. The summed E-state index contributed by atoms with van der Waals surface area (Å²) >= 11 is 0. The Hall–Kier alpha value is -2.63. The Labute approximate surface area is 142 Å². The number of nitrogens with one attached hydrogen (secondary N) is 2. The molecule has 2 rings (SSSR count). The van der Waals surface area contributed by atoms with E-state index in [2.05, 4.69) is 20.6 Å². The summed E-state index contributed by atoms with van der Waals surface area (Å²) in [6, 6.07) is 9.75. The summed E-state index contributed by atoms with van der Waals surface area (Å²) in [5, 5.41) is 6.12. The molecule has 1 aromatic heterocycles. The number of amides is 1. The number of methoxy groups -OCH3 is 1. The number of aromatic nitrogens is 2. The molecular formula is C18H24N4O2. The van der Waals surface area contributed by atoms with Crippen LogP contribution in [-0.4, -0.2) is 35.6 Å². The van der Waals surface area contributed by atoms with Crippen LogP contribution in [0.25, 0.3) is 0 Å². The standard InChI is InChI=1S/C18H24N4O2/c1-4-13(2)22-18(23)16-11-17(21-12-20-16)19-10-9-14-5-7-15(24-3)8-6-14/h5-8,11-13H,4,9-10H2,1-3H3,(H,22,23)(H,19,20,21). The van der Waals surface area contributed by atoms with Crippen LogP contribution in [0.1, 0.15) is 36.3 Å². The van der Waals surface area contributed by atoms with Gasteiger partial charge in [-0.25, -0.2) is 9.97 Å². The number of ether oxygens (including phenoxy) is 1. The highest BCUT2D eigenvalue weighted by atomic mass is 16.5. The average Bonchev–Trinajstić information content (AvgIpc) is 2.62. The Morgan fingerprint density at radius 2 is 2.00 bits per heavy atom. The molecular weight excluding hydrogens is 304 g/mol. The molecule has 0 spiro atoms. The monoisotopic (exact) mass is 328 g/mol. The molecule has 2 aromatic rings. The average molecular weight is 328 g/mol. The van der Waals surface area contributed by atoms with E-state index in [-0.39, 0.29) is 11.9 Å². The fourth-order valence-electron chi connectivity index (χ4n) is 2.11. The molecule has 0 saturated heterocycles. The number of benzene rings is 1. The van der Waals surface area contributed by atoms with Gasteiger partial charge in [0, 0.05) is 18.7 Å². The van der Waals surface area contributed by atoms with Gasteiger partial charge in [-0.1, -0.05) is 19.1 Å². The first kappa shape index (κ1) is 17.7. The quantitative estimate of drug-likeness (QED) is 0.779. The van der Waals surface area contributed by atoms with Gasteiger partial charge in [-0.05, 0) is 37.5 Å². The van der Waals surface area contributed by atoms with E-state index in [1.807, 2.05) is 38.1 Å². The second kappa shape index (κ2) is 8.86. The van der Waals surface area contributed by atoms with E-state index in [1.165, 1.54) is 11.9 Å². The van der Waals surface area contributed by atoms with Crippen molar-refractivity contribution in [3.8, 4) is 5.75 Å². The summed E-state index contributed by atoms with van der Waals surface area (Å²) in [7, 11) is 1.65. The van der Waals surface area contributed by atoms with E-state index in [9.17, 15) is 4.79 Å². The van der Waals surface area contributed by atoms with Gasteiger partial charge in [0.05, 0.1) is 7.11 Å². The Kier molecular flexibility index (Phi) is 6.54. The molecule has 6 heteroatoms. The van der Waals surface area contributed by atoms with Crippen LogP contribution in [0, 0.1) is 0 Å². The van der Waals surface area contributed by atoms with Gasteiger partial charge in [-0.3, -0.25) is 4.79 Å². The zero-order valence-corrected chi connectivity index (χ0v) is 14.4. The van der Waals surface area contributed by atoms with Crippen molar-refractivity contribution in [2.45, 2.75) is 32.7 Å². The fraction of sp³-hybridized carbons (Fsp3) is 0.389. The van der Waals surface area contributed by atoms with Gasteiger partial charge in [0.25, 0.3) is 5.91 Å². The van der Waals surface area contributed by atoms with E-state index in [0.29, 0.717) is 11.5 Å². The largest absolute Gasteiger partial charge is 0.497 e. The summed E-state index contributed by atoms with van der Waals surface area (Å²) in [6.07, 6.45) is 3.13. The lowest BCUT2D eigenvalue weighted by atomic mass is 10.1. The van der Waals surface area contributed by atoms with Gasteiger partial charge in [-0.15, -0.1) is 0 Å². The molecule has 1 heterocycles. The van der Waals surface area contributed by atoms with E-state index >= 15 is 0 Å². The van der Waals surface area contributed by atoms with Crippen molar-refractivity contribution in [3.05, 3.63) is 47.9 Å². The Bertz CT molecular complexity index is 658. The van der Waals surface area contributed by atoms with Crippen LogP contribution < -0.4 is 15.4 Å². The van der Waals surface area contributed by atoms with E-state index < -0.39 is 0 Å². The van der Waals surface area contributed by atoms with Crippen molar-refractivity contribution < 1.29 is 9.53 Å². The van der Waals surface area contributed by atoms with Gasteiger partial charge in [0.2, 0.25) is 0 Å². The minimum Gasteiger partial charge on any atom is -0.497 e. The third-order valence-electron chi connectivity index (χ3n) is 3.77. The van der Waals surface area contributed by atoms with E-state index in [4.69, 9.17) is 4.74 Å². The lowest BCUT2D eigenvalue weighted by molar-refractivity contribution is 0.0934. The Morgan fingerprint density at radius 3 is 2.67 bits per heavy atom. The molecule has 24 heavy (non-hydrogen) atoms. The first-order valence-corrected chi connectivity index (χ1v) is 8.12. The molecule has 1 amide bonds. The summed E-state index contributed by atoms with van der Waals surface area (Å²) < 4.78 is 5.14. The minimum absolute atomic E-state index is 0.124. The zero-order valence-electron chi connectivity index (χ0n) is 14.4.